The van der Waals surface area contributed by atoms with Crippen molar-refractivity contribution in [1.29, 1.82) is 0 Å². The molecule has 6 rings (SSSR count). The number of aromatic nitrogens is 1. The van der Waals surface area contributed by atoms with E-state index in [9.17, 15) is 14.7 Å². The second-order valence-electron chi connectivity index (χ2n) is 12.0. The van der Waals surface area contributed by atoms with Gasteiger partial charge in [-0.05, 0) is 88.5 Å². The summed E-state index contributed by atoms with van der Waals surface area (Å²) in [6, 6.07) is 12.0. The van der Waals surface area contributed by atoms with Gasteiger partial charge in [-0.1, -0.05) is 16.8 Å². The Balaban J connectivity index is 1.09. The number of nitrogens with one attached hydrogen (secondary N) is 1. The molecule has 2 fully saturated rings. The Hall–Kier alpha value is -3.30. The third-order valence-electron chi connectivity index (χ3n) is 8.24. The van der Waals surface area contributed by atoms with Gasteiger partial charge in [0.2, 0.25) is 17.3 Å². The maximum atomic E-state index is 13.4. The van der Waals surface area contributed by atoms with Crippen LogP contribution >= 0.6 is 11.3 Å². The standard InChI is InChI=1S/C31H36N4O4S/c1-31(2,38)16-15-19-9-14-24-23(17-33-35(24)26(19)18-7-8-18)30(37)34-20-10-12-21(13-11-20)39-27-22-5-3-4-6-25(22)40-28(27)29(32)36/h3-6,9,14,17-18,20-21,23,38H,7-8,10-13,15-16H2,1-2H3,(H2-,32,34,36,37)/p+1. The van der Waals surface area contributed by atoms with E-state index in [4.69, 9.17) is 10.5 Å². The van der Waals surface area contributed by atoms with E-state index in [1.165, 1.54) is 22.6 Å². The van der Waals surface area contributed by atoms with E-state index in [0.29, 0.717) is 23.0 Å². The summed E-state index contributed by atoms with van der Waals surface area (Å²) in [6.07, 6.45) is 8.65. The molecule has 9 heteroatoms. The molecule has 2 amide bonds. The fourth-order valence-electron chi connectivity index (χ4n) is 5.92. The van der Waals surface area contributed by atoms with E-state index in [0.717, 1.165) is 60.7 Å². The van der Waals surface area contributed by atoms with E-state index < -0.39 is 17.4 Å². The number of fused-ring (bicyclic) bond motifs is 2. The normalized spacial score (nSPS) is 22.3. The van der Waals surface area contributed by atoms with E-state index in [-0.39, 0.29) is 18.1 Å². The number of hydrogen-bond acceptors (Lipinski definition) is 6. The highest BCUT2D eigenvalue weighted by molar-refractivity contribution is 7.21. The van der Waals surface area contributed by atoms with Crippen LogP contribution in [0.3, 0.4) is 0 Å². The van der Waals surface area contributed by atoms with Crippen LogP contribution < -0.4 is 20.5 Å². The smallest absolute Gasteiger partial charge is 0.262 e. The summed E-state index contributed by atoms with van der Waals surface area (Å²) in [5, 5.41) is 19.1. The number of hydrogen-bond donors (Lipinski definition) is 3. The predicted molar refractivity (Wildman–Crippen MR) is 155 cm³/mol. The number of nitrogens with zero attached hydrogens (tertiary/aromatic N) is 2. The largest absolute Gasteiger partial charge is 0.488 e. The first-order chi connectivity index (χ1) is 19.2. The molecule has 1 unspecified atom stereocenters. The molecular formula is C31H37N4O4S+. The highest BCUT2D eigenvalue weighted by atomic mass is 32.1. The maximum absolute atomic E-state index is 13.4. The van der Waals surface area contributed by atoms with Gasteiger partial charge in [-0.25, -0.2) is 0 Å². The molecule has 8 nitrogen and oxygen atoms in total. The number of aryl methyl sites for hydroxylation is 1. The van der Waals surface area contributed by atoms with Gasteiger partial charge < -0.3 is 20.9 Å². The van der Waals surface area contributed by atoms with Gasteiger partial charge in [0, 0.05) is 33.7 Å². The molecule has 2 saturated carbocycles. The van der Waals surface area contributed by atoms with Crippen molar-refractivity contribution in [2.24, 2.45) is 10.8 Å². The third kappa shape index (κ3) is 5.49. The molecule has 0 spiro atoms. The number of thiophene rings is 1. The van der Waals surface area contributed by atoms with Crippen LogP contribution in [0, 0.1) is 0 Å². The van der Waals surface area contributed by atoms with E-state index >= 15 is 0 Å². The third-order valence-corrected chi connectivity index (χ3v) is 9.40. The number of aliphatic hydroxyl groups is 1. The monoisotopic (exact) mass is 561 g/mol. The molecule has 40 heavy (non-hydrogen) atoms. The summed E-state index contributed by atoms with van der Waals surface area (Å²) in [4.78, 5) is 25.9. The summed E-state index contributed by atoms with van der Waals surface area (Å²) >= 11 is 1.37. The number of carbonyl (C=O) groups excluding carboxylic acids is 2. The molecule has 0 bridgehead atoms. The molecule has 3 aliphatic rings. The molecule has 2 aliphatic carbocycles. The summed E-state index contributed by atoms with van der Waals surface area (Å²) in [5.41, 5.74) is 8.24. The zero-order valence-corrected chi connectivity index (χ0v) is 23.9. The summed E-state index contributed by atoms with van der Waals surface area (Å²) in [6.45, 7) is 3.68. The molecule has 4 N–H and O–H groups in total. The Kier molecular flexibility index (Phi) is 7.12. The van der Waals surface area contributed by atoms with Crippen LogP contribution in [0.5, 0.6) is 5.75 Å². The number of benzene rings is 1. The molecule has 210 valence electrons. The van der Waals surface area contributed by atoms with Gasteiger partial charge in [0.15, 0.2) is 11.7 Å². The maximum Gasteiger partial charge on any atom is 0.262 e. The lowest BCUT2D eigenvalue weighted by Crippen LogP contribution is -2.43. The highest BCUT2D eigenvalue weighted by Crippen LogP contribution is 2.42. The van der Waals surface area contributed by atoms with Crippen molar-refractivity contribution < 1.29 is 24.1 Å². The number of rotatable bonds is 9. The van der Waals surface area contributed by atoms with Crippen LogP contribution in [0.15, 0.2) is 41.5 Å². The molecule has 1 aliphatic heterocycles. The van der Waals surface area contributed by atoms with E-state index in [2.05, 4.69) is 16.5 Å². The SMILES string of the molecule is CC(C)(O)CCc1ccc2[n+](c1C1CC1)N=CC2C(=O)NC1CCC(Oc2c(C(N)=O)sc3ccccc23)CC1. The summed E-state index contributed by atoms with van der Waals surface area (Å²) in [5.74, 6) is 0.157. The zero-order chi connectivity index (χ0) is 28.0. The van der Waals surface area contributed by atoms with E-state index in [1.807, 2.05) is 48.9 Å². The molecule has 1 aromatic carbocycles. The fraction of sp³-hybridized carbons (Fsp3) is 0.484. The first-order valence-corrected chi connectivity index (χ1v) is 15.1. The Morgan fingerprint density at radius 1 is 1.12 bits per heavy atom. The molecular weight excluding hydrogens is 524 g/mol. The van der Waals surface area contributed by atoms with Crippen LogP contribution in [-0.4, -0.2) is 40.9 Å². The predicted octanol–water partition coefficient (Wildman–Crippen LogP) is 4.31. The lowest BCUT2D eigenvalue weighted by Gasteiger charge is -2.30. The molecule has 1 atom stereocenters. The minimum absolute atomic E-state index is 0.0230. The second kappa shape index (κ2) is 10.6. The molecule has 0 radical (unpaired) electrons. The van der Waals surface area contributed by atoms with Crippen molar-refractivity contribution in [2.75, 3.05) is 0 Å². The number of carbonyl (C=O) groups is 2. The van der Waals surface area contributed by atoms with Crippen molar-refractivity contribution in [3.05, 3.63) is 58.2 Å². The molecule has 3 heterocycles. The van der Waals surface area contributed by atoms with Crippen molar-refractivity contribution >= 4 is 39.5 Å². The molecule has 3 aromatic rings. The minimum atomic E-state index is -0.720. The van der Waals surface area contributed by atoms with Gasteiger partial charge in [-0.3, -0.25) is 9.59 Å². The topological polar surface area (TPSA) is 118 Å². The lowest BCUT2D eigenvalue weighted by atomic mass is 9.92. The Labute approximate surface area is 238 Å². The van der Waals surface area contributed by atoms with Crippen LogP contribution in [0.25, 0.3) is 10.1 Å². The van der Waals surface area contributed by atoms with Crippen LogP contribution in [0.4, 0.5) is 0 Å². The number of pyridine rings is 1. The minimum Gasteiger partial charge on any atom is -0.488 e. The van der Waals surface area contributed by atoms with Crippen molar-refractivity contribution in [3.8, 4) is 5.75 Å². The van der Waals surface area contributed by atoms with Crippen LogP contribution in [0.2, 0.25) is 0 Å². The number of nitrogens with two attached hydrogens (primary N) is 1. The van der Waals surface area contributed by atoms with Crippen molar-refractivity contribution in [1.82, 2.24) is 5.32 Å². The van der Waals surface area contributed by atoms with E-state index in [1.54, 1.807) is 6.21 Å². The van der Waals surface area contributed by atoms with Gasteiger partial charge in [0.1, 0.15) is 4.88 Å². The Morgan fingerprint density at radius 3 is 2.58 bits per heavy atom. The lowest BCUT2D eigenvalue weighted by molar-refractivity contribution is -0.688. The van der Waals surface area contributed by atoms with Gasteiger partial charge in [0.25, 0.3) is 5.91 Å². The van der Waals surface area contributed by atoms with Crippen molar-refractivity contribution in [2.45, 2.75) is 94.8 Å². The zero-order valence-electron chi connectivity index (χ0n) is 23.1. The van der Waals surface area contributed by atoms with Gasteiger partial charge in [-0.15, -0.1) is 11.3 Å². The molecule has 2 aromatic heterocycles. The van der Waals surface area contributed by atoms with Gasteiger partial charge >= 0.3 is 0 Å². The van der Waals surface area contributed by atoms with Crippen molar-refractivity contribution in [3.63, 3.8) is 0 Å². The summed E-state index contributed by atoms with van der Waals surface area (Å²) < 4.78 is 9.31. The average Bonchev–Trinajstić information content (AvgIpc) is 3.56. The van der Waals surface area contributed by atoms with Crippen LogP contribution in [0.1, 0.15) is 97.3 Å². The summed E-state index contributed by atoms with van der Waals surface area (Å²) in [7, 11) is 0. The number of ether oxygens (including phenoxy) is 1. The number of amides is 2. The van der Waals surface area contributed by atoms with Gasteiger partial charge in [0.05, 0.1) is 17.9 Å². The number of primary amides is 1. The van der Waals surface area contributed by atoms with Crippen LogP contribution in [-0.2, 0) is 11.2 Å². The van der Waals surface area contributed by atoms with Gasteiger partial charge in [-0.2, -0.15) is 0 Å². The highest BCUT2D eigenvalue weighted by Gasteiger charge is 2.43. The second-order valence-corrected chi connectivity index (χ2v) is 13.1. The Bertz CT molecular complexity index is 1480. The fourth-order valence-corrected chi connectivity index (χ4v) is 6.91. The Morgan fingerprint density at radius 2 is 1.88 bits per heavy atom. The molecule has 0 saturated heterocycles. The quantitative estimate of drug-likeness (QED) is 0.338. The first kappa shape index (κ1) is 26.9. The first-order valence-electron chi connectivity index (χ1n) is 14.3. The average molecular weight is 562 g/mol.